The van der Waals surface area contributed by atoms with E-state index in [1.54, 1.807) is 104 Å². The first kappa shape index (κ1) is 74.1. The number of amides is 2. The highest BCUT2D eigenvalue weighted by Crippen LogP contribution is 2.28. The molecule has 6 aromatic heterocycles. The fourth-order valence-corrected chi connectivity index (χ4v) is 10.1. The van der Waals surface area contributed by atoms with Gasteiger partial charge in [0.05, 0.1) is 17.1 Å². The molecule has 0 saturated carbocycles. The van der Waals surface area contributed by atoms with Gasteiger partial charge in [0.2, 0.25) is 17.8 Å². The second-order valence-electron chi connectivity index (χ2n) is 22.8. The summed E-state index contributed by atoms with van der Waals surface area (Å²) < 4.78 is 0. The monoisotopic (exact) mass is 1420 g/mol. The lowest BCUT2D eigenvalue weighted by Gasteiger charge is -2.21. The van der Waals surface area contributed by atoms with Crippen LogP contribution in [0.5, 0.6) is 0 Å². The van der Waals surface area contributed by atoms with Gasteiger partial charge in [-0.3, -0.25) is 29.3 Å². The minimum atomic E-state index is -0.439. The number of likely N-dealkylation sites (N-methyl/N-ethyl adjacent to an activating group) is 1. The van der Waals surface area contributed by atoms with Crippen LogP contribution >= 0.6 is 46.4 Å². The van der Waals surface area contributed by atoms with E-state index < -0.39 is 5.24 Å². The molecular formula is C77H73Cl4N17O3. The first-order valence-electron chi connectivity index (χ1n) is 31.9. The van der Waals surface area contributed by atoms with Crippen molar-refractivity contribution in [1.82, 2.24) is 55.1 Å². The van der Waals surface area contributed by atoms with Crippen molar-refractivity contribution in [1.29, 1.82) is 0 Å². The summed E-state index contributed by atoms with van der Waals surface area (Å²) in [4.78, 5) is 77.0. The zero-order valence-electron chi connectivity index (χ0n) is 55.8. The zero-order valence-corrected chi connectivity index (χ0v) is 58.8. The van der Waals surface area contributed by atoms with Gasteiger partial charge in [0.25, 0.3) is 17.1 Å². The van der Waals surface area contributed by atoms with Crippen molar-refractivity contribution in [3.8, 4) is 33.8 Å². The van der Waals surface area contributed by atoms with Gasteiger partial charge in [-0.1, -0.05) is 54.6 Å². The maximum absolute atomic E-state index is 12.6. The van der Waals surface area contributed by atoms with Crippen molar-refractivity contribution in [3.63, 3.8) is 0 Å². The number of nitrogens with zero attached hydrogens (tertiary/aromatic N) is 10. The third-order valence-corrected chi connectivity index (χ3v) is 16.4. The number of alkyl halides is 3. The maximum Gasteiger partial charge on any atom is 0.255 e. The van der Waals surface area contributed by atoms with Crippen LogP contribution in [0.3, 0.4) is 0 Å². The summed E-state index contributed by atoms with van der Waals surface area (Å²) in [6, 6.07) is 55.3. The summed E-state index contributed by atoms with van der Waals surface area (Å²) in [6.07, 6.45) is 15.6. The summed E-state index contributed by atoms with van der Waals surface area (Å²) in [6.45, 7) is 10.7. The van der Waals surface area contributed by atoms with Gasteiger partial charge < -0.3 is 42.5 Å². The molecule has 24 heteroatoms. The number of nitrogens with two attached hydrogens (primary N) is 1. The lowest BCUT2D eigenvalue weighted by atomic mass is 10.1. The average molecular weight is 1430 g/mol. The Morgan fingerprint density at radius 1 is 0.446 bits per heavy atom. The Morgan fingerprint density at radius 3 is 1.11 bits per heavy atom. The fraction of sp³-hybridized carbons (Fsp3) is 0.143. The summed E-state index contributed by atoms with van der Waals surface area (Å²) in [5, 5.41) is 18.4. The molecule has 20 nitrogen and oxygen atoms in total. The molecule has 7 heterocycles. The molecule has 12 aromatic rings. The van der Waals surface area contributed by atoms with Gasteiger partial charge in [0.15, 0.2) is 0 Å². The average Bonchev–Trinajstić information content (AvgIpc) is 0.870. The van der Waals surface area contributed by atoms with Gasteiger partial charge in [-0.25, -0.2) is 29.9 Å². The van der Waals surface area contributed by atoms with Crippen LogP contribution in [0.1, 0.15) is 64.5 Å². The van der Waals surface area contributed by atoms with Crippen LogP contribution in [-0.4, -0.2) is 100 Å². The predicted molar refractivity (Wildman–Crippen MR) is 408 cm³/mol. The number of pyridine rings is 3. The molecule has 101 heavy (non-hydrogen) atoms. The Labute approximate surface area is 606 Å². The Morgan fingerprint density at radius 2 is 0.792 bits per heavy atom. The molecule has 0 bridgehead atoms. The molecule has 6 aromatic carbocycles. The molecule has 512 valence electrons. The molecule has 0 radical (unpaired) electrons. The number of nitrogens with one attached hydrogen (secondary N) is 6. The van der Waals surface area contributed by atoms with E-state index in [0.29, 0.717) is 69.2 Å². The Balaban J connectivity index is 0.000000159. The van der Waals surface area contributed by atoms with E-state index in [-0.39, 0.29) is 11.8 Å². The molecule has 0 atom stereocenters. The fourth-order valence-electron chi connectivity index (χ4n) is 9.48. The van der Waals surface area contributed by atoms with Crippen LogP contribution in [0.4, 0.5) is 52.0 Å². The molecular weight excluding hydrogens is 1350 g/mol. The molecule has 2 amide bonds. The summed E-state index contributed by atoms with van der Waals surface area (Å²) >= 11 is 22.4. The molecule has 0 spiro atoms. The molecule has 0 unspecified atom stereocenters. The van der Waals surface area contributed by atoms with Crippen molar-refractivity contribution in [2.45, 2.75) is 38.4 Å². The minimum absolute atomic E-state index is 0.189. The number of benzene rings is 6. The smallest absolute Gasteiger partial charge is 0.255 e. The highest BCUT2D eigenvalue weighted by atomic mass is 35.5. The topological polar surface area (TPSA) is 269 Å². The predicted octanol–water partition coefficient (Wildman–Crippen LogP) is 16.7. The number of rotatable bonds is 17. The van der Waals surface area contributed by atoms with E-state index in [1.807, 2.05) is 154 Å². The largest absolute Gasteiger partial charge is 0.399 e. The van der Waals surface area contributed by atoms with Crippen LogP contribution in [0.15, 0.2) is 238 Å². The normalized spacial score (nSPS) is 11.4. The van der Waals surface area contributed by atoms with E-state index in [1.165, 1.54) is 13.1 Å². The third kappa shape index (κ3) is 23.3. The number of nitrogen functional groups attached to an aromatic ring is 1. The van der Waals surface area contributed by atoms with Gasteiger partial charge in [-0.05, 0) is 200 Å². The number of anilines is 9. The third-order valence-electron chi connectivity index (χ3n) is 15.2. The van der Waals surface area contributed by atoms with Crippen LogP contribution in [0.2, 0.25) is 0 Å². The van der Waals surface area contributed by atoms with Gasteiger partial charge >= 0.3 is 0 Å². The SMILES string of the molecule is CN1CCNCC1.Cc1ccc(N)cc1Nc1nccc(-c2cccnc2)n1.Cc1ccc(NC(=O)c2ccc(CCl)cc2)cc1Nc1nccc(-c2cccnc2)n1.Cc1ccc(NC(=O)c2ccc(CCl)cc2)cc1Nc1nccc(-c2cccnc2)n1.O=C(Cl)c1ccc(CCl)cc1. The van der Waals surface area contributed by atoms with Gasteiger partial charge in [-0.2, -0.15) is 0 Å². The van der Waals surface area contributed by atoms with Crippen molar-refractivity contribution >= 4 is 115 Å². The Bertz CT molecular complexity index is 4450. The lowest BCUT2D eigenvalue weighted by molar-refractivity contribution is 0.101. The molecule has 8 N–H and O–H groups in total. The second-order valence-corrected chi connectivity index (χ2v) is 23.9. The van der Waals surface area contributed by atoms with Gasteiger partial charge in [0.1, 0.15) is 0 Å². The second kappa shape index (κ2) is 38.3. The number of hydrogen-bond donors (Lipinski definition) is 7. The summed E-state index contributed by atoms with van der Waals surface area (Å²) in [5.74, 6) is 2.37. The molecule has 1 fully saturated rings. The molecule has 1 aliphatic rings. The summed E-state index contributed by atoms with van der Waals surface area (Å²) in [5.41, 5.74) is 23.1. The number of halogens is 4. The van der Waals surface area contributed by atoms with Gasteiger partial charge in [0, 0.05) is 167 Å². The number of carbonyl (C=O) groups is 3. The number of carbonyl (C=O) groups excluding carboxylic acids is 3. The van der Waals surface area contributed by atoms with Crippen LogP contribution in [0, 0.1) is 20.8 Å². The van der Waals surface area contributed by atoms with E-state index >= 15 is 0 Å². The van der Waals surface area contributed by atoms with Crippen molar-refractivity contribution < 1.29 is 14.4 Å². The van der Waals surface area contributed by atoms with Crippen molar-refractivity contribution in [2.75, 3.05) is 65.5 Å². The van der Waals surface area contributed by atoms with Crippen LogP contribution in [0.25, 0.3) is 33.8 Å². The first-order valence-corrected chi connectivity index (χ1v) is 33.8. The maximum atomic E-state index is 12.6. The van der Waals surface area contributed by atoms with Crippen LogP contribution in [-0.2, 0) is 17.6 Å². The minimum Gasteiger partial charge on any atom is -0.399 e. The van der Waals surface area contributed by atoms with E-state index in [9.17, 15) is 14.4 Å². The Kier molecular flexibility index (Phi) is 28.1. The van der Waals surface area contributed by atoms with Gasteiger partial charge in [-0.15, -0.1) is 34.8 Å². The quantitative estimate of drug-likeness (QED) is 0.0254. The lowest BCUT2D eigenvalue weighted by Crippen LogP contribution is -2.40. The highest BCUT2D eigenvalue weighted by molar-refractivity contribution is 6.67. The van der Waals surface area contributed by atoms with Crippen molar-refractivity contribution in [2.24, 2.45) is 0 Å². The molecule has 13 rings (SSSR count). The number of hydrogen-bond acceptors (Lipinski definition) is 18. The van der Waals surface area contributed by atoms with Crippen LogP contribution < -0.4 is 37.6 Å². The number of aryl methyl sites for hydroxylation is 3. The summed E-state index contributed by atoms with van der Waals surface area (Å²) in [7, 11) is 2.15. The molecule has 1 saturated heterocycles. The van der Waals surface area contributed by atoms with E-state index in [2.05, 4.69) is 88.7 Å². The first-order chi connectivity index (χ1) is 49.1. The number of piperazine rings is 1. The highest BCUT2D eigenvalue weighted by Gasteiger charge is 2.14. The van der Waals surface area contributed by atoms with E-state index in [0.717, 1.165) is 97.3 Å². The molecule has 0 aliphatic carbocycles. The zero-order chi connectivity index (χ0) is 71.3. The Hall–Kier alpha value is -11.1. The standard InChI is InChI=1S/2C24H20ClN5O.C16H15N5.C8H6Cl2O.C5H12N2/c2*1-16-4-9-20(28-23(31)18-7-5-17(14-25)6-8-18)13-22(16)30-24-27-12-10-21(29-24)19-3-2-11-26-15-19;1-11-4-5-13(17)9-15(11)21-16-19-8-6-14(20-16)12-3-2-7-18-10-12;9-5-6-1-3-7(4-2-6)8(10)11;1-7-4-2-6-3-5-7/h2*2-13,15H,14H2,1H3,(H,28,31)(H,27,29,30);2-10H,17H2,1H3,(H,19,20,21);1-4H,5H2;6H,2-5H2,1H3. The van der Waals surface area contributed by atoms with E-state index in [4.69, 9.17) is 52.1 Å². The number of aromatic nitrogens is 9. The molecule has 1 aliphatic heterocycles. The van der Waals surface area contributed by atoms with Crippen molar-refractivity contribution in [3.05, 3.63) is 288 Å².